The molecule has 1 fully saturated rings. The summed E-state index contributed by atoms with van der Waals surface area (Å²) in [6, 6.07) is 10.0. The minimum absolute atomic E-state index is 0.0126. The molecule has 2 amide bonds. The first-order chi connectivity index (χ1) is 16.6. The smallest absolute Gasteiger partial charge is 0.475 e. The molecule has 0 aromatic heterocycles. The average Bonchev–Trinajstić information content (AvgIpc) is 3.62. The van der Waals surface area contributed by atoms with E-state index < -0.39 is 40.9 Å². The summed E-state index contributed by atoms with van der Waals surface area (Å²) >= 11 is 6.21. The maximum atomic E-state index is 13.3. The van der Waals surface area contributed by atoms with Crippen molar-refractivity contribution in [3.8, 4) is 5.75 Å². The van der Waals surface area contributed by atoms with Gasteiger partial charge >= 0.3 is 7.12 Å². The molecule has 0 bridgehead atoms. The van der Waals surface area contributed by atoms with Crippen LogP contribution < -0.4 is 20.1 Å². The lowest BCUT2D eigenvalue weighted by atomic mass is 9.76. The molecule has 2 aromatic rings. The van der Waals surface area contributed by atoms with E-state index in [4.69, 9.17) is 16.3 Å². The Hall–Kier alpha value is -2.64. The summed E-state index contributed by atoms with van der Waals surface area (Å²) in [7, 11) is -6.11. The van der Waals surface area contributed by atoms with Crippen molar-refractivity contribution in [1.29, 1.82) is 0 Å². The number of amides is 2. The third-order valence-electron chi connectivity index (χ3n) is 5.82. The fraction of sp³-hybridized carbons (Fsp3) is 0.364. The Bertz CT molecular complexity index is 1210. The van der Waals surface area contributed by atoms with Crippen molar-refractivity contribution in [2.45, 2.75) is 42.6 Å². The van der Waals surface area contributed by atoms with E-state index >= 15 is 0 Å². The second kappa shape index (κ2) is 10.5. The van der Waals surface area contributed by atoms with E-state index in [2.05, 4.69) is 15.4 Å². The highest BCUT2D eigenvalue weighted by Crippen LogP contribution is 2.36. The summed E-state index contributed by atoms with van der Waals surface area (Å²) in [6.45, 7) is -0.271. The van der Waals surface area contributed by atoms with Crippen LogP contribution in [0.1, 0.15) is 24.8 Å². The summed E-state index contributed by atoms with van der Waals surface area (Å²) < 4.78 is 34.3. The normalized spacial score (nSPS) is 16.9. The lowest BCUT2D eigenvalue weighted by molar-refractivity contribution is -0.123. The van der Waals surface area contributed by atoms with Gasteiger partial charge < -0.3 is 25.4 Å². The minimum Gasteiger partial charge on any atom is -0.482 e. The molecule has 0 radical (unpaired) electrons. The van der Waals surface area contributed by atoms with Crippen LogP contribution in [0.3, 0.4) is 0 Å². The Morgan fingerprint density at radius 2 is 1.94 bits per heavy atom. The van der Waals surface area contributed by atoms with Gasteiger partial charge in [0.15, 0.2) is 6.61 Å². The Labute approximate surface area is 208 Å². The summed E-state index contributed by atoms with van der Waals surface area (Å²) in [5, 5.41) is 24.4. The Morgan fingerprint density at radius 1 is 1.23 bits per heavy atom. The molecule has 1 aliphatic carbocycles. The van der Waals surface area contributed by atoms with Crippen molar-refractivity contribution in [3.63, 3.8) is 0 Å². The number of nitrogens with one attached hydrogen (secondary N) is 3. The topological polar surface area (TPSA) is 154 Å². The first-order valence-corrected chi connectivity index (χ1v) is 13.0. The number of hydrogen-bond donors (Lipinski definition) is 5. The Kier molecular flexibility index (Phi) is 7.67. The number of ether oxygens (including phenoxy) is 1. The van der Waals surface area contributed by atoms with Crippen LogP contribution in [0.25, 0.3) is 0 Å². The molecule has 13 heteroatoms. The third kappa shape index (κ3) is 6.53. The summed E-state index contributed by atoms with van der Waals surface area (Å²) in [6.07, 6.45) is 2.28. The fourth-order valence-electron chi connectivity index (χ4n) is 3.83. The number of carbonyl (C=O) groups excluding carboxylic acids is 2. The van der Waals surface area contributed by atoms with Crippen LogP contribution in [0, 0.1) is 5.92 Å². The number of sulfonamides is 1. The SMILES string of the molecule is O=C1COc2cc(S(=O)(=O)N[C@@H](Cc3ccccc3)C(=O)N[C@@H](CC3CC3)B(O)O)c(Cl)cc2N1. The quantitative estimate of drug-likeness (QED) is 0.291. The van der Waals surface area contributed by atoms with Crippen molar-refractivity contribution in [3.05, 3.63) is 53.1 Å². The van der Waals surface area contributed by atoms with Gasteiger partial charge in [-0.05, 0) is 30.4 Å². The van der Waals surface area contributed by atoms with E-state index in [-0.39, 0.29) is 34.4 Å². The first kappa shape index (κ1) is 25.5. The van der Waals surface area contributed by atoms with Gasteiger partial charge in [-0.25, -0.2) is 8.42 Å². The van der Waals surface area contributed by atoms with E-state index in [0.29, 0.717) is 17.9 Å². The number of rotatable bonds is 10. The van der Waals surface area contributed by atoms with Gasteiger partial charge in [0.2, 0.25) is 15.9 Å². The Morgan fingerprint density at radius 3 is 2.60 bits per heavy atom. The largest absolute Gasteiger partial charge is 0.482 e. The van der Waals surface area contributed by atoms with Gasteiger partial charge in [-0.3, -0.25) is 9.59 Å². The molecule has 35 heavy (non-hydrogen) atoms. The van der Waals surface area contributed by atoms with Gasteiger partial charge in [0.25, 0.3) is 5.91 Å². The highest BCUT2D eigenvalue weighted by atomic mass is 35.5. The molecule has 10 nitrogen and oxygen atoms in total. The third-order valence-corrected chi connectivity index (χ3v) is 7.76. The predicted octanol–water partition coefficient (Wildman–Crippen LogP) is 0.857. The number of anilines is 1. The molecule has 0 saturated heterocycles. The zero-order chi connectivity index (χ0) is 25.2. The highest BCUT2D eigenvalue weighted by molar-refractivity contribution is 7.89. The molecule has 5 N–H and O–H groups in total. The van der Waals surface area contributed by atoms with Gasteiger partial charge in [-0.1, -0.05) is 54.8 Å². The Balaban J connectivity index is 1.59. The highest BCUT2D eigenvalue weighted by Gasteiger charge is 2.36. The maximum absolute atomic E-state index is 13.3. The fourth-order valence-corrected chi connectivity index (χ4v) is 5.57. The number of halogens is 1. The molecule has 2 atom stereocenters. The zero-order valence-corrected chi connectivity index (χ0v) is 20.2. The first-order valence-electron chi connectivity index (χ1n) is 11.1. The minimum atomic E-state index is -4.33. The molecule has 0 spiro atoms. The molecular weight excluding hydrogens is 497 g/mol. The molecular formula is C22H25BClN3O7S. The van der Waals surface area contributed by atoms with Crippen LogP contribution in [0.15, 0.2) is 47.4 Å². The van der Waals surface area contributed by atoms with Gasteiger partial charge in [0, 0.05) is 6.07 Å². The maximum Gasteiger partial charge on any atom is 0.475 e. The van der Waals surface area contributed by atoms with Crippen molar-refractivity contribution < 1.29 is 32.8 Å². The number of fused-ring (bicyclic) bond motifs is 1. The van der Waals surface area contributed by atoms with Gasteiger partial charge in [0.1, 0.15) is 16.7 Å². The number of benzene rings is 2. The van der Waals surface area contributed by atoms with E-state index in [1.54, 1.807) is 30.3 Å². The predicted molar refractivity (Wildman–Crippen MR) is 129 cm³/mol. The van der Waals surface area contributed by atoms with Crippen LogP contribution in [-0.4, -0.2) is 56.0 Å². The van der Waals surface area contributed by atoms with Crippen LogP contribution in [-0.2, 0) is 26.0 Å². The van der Waals surface area contributed by atoms with Gasteiger partial charge in [-0.15, -0.1) is 0 Å². The molecule has 0 unspecified atom stereocenters. The summed E-state index contributed by atoms with van der Waals surface area (Å²) in [4.78, 5) is 24.4. The van der Waals surface area contributed by atoms with Crippen molar-refractivity contribution in [1.82, 2.24) is 10.0 Å². The number of carbonyl (C=O) groups is 2. The molecule has 4 rings (SSSR count). The van der Waals surface area contributed by atoms with Crippen molar-refractivity contribution in [2.75, 3.05) is 11.9 Å². The molecule has 1 aliphatic heterocycles. The molecule has 1 heterocycles. The molecule has 186 valence electrons. The van der Waals surface area contributed by atoms with E-state index in [9.17, 15) is 28.1 Å². The van der Waals surface area contributed by atoms with Gasteiger partial charge in [0.05, 0.1) is 16.7 Å². The van der Waals surface area contributed by atoms with Crippen LogP contribution in [0.4, 0.5) is 5.69 Å². The monoisotopic (exact) mass is 521 g/mol. The van der Waals surface area contributed by atoms with Gasteiger partial charge in [-0.2, -0.15) is 4.72 Å². The molecule has 1 saturated carbocycles. The van der Waals surface area contributed by atoms with Crippen molar-refractivity contribution >= 4 is 46.2 Å². The zero-order valence-electron chi connectivity index (χ0n) is 18.6. The average molecular weight is 522 g/mol. The molecule has 2 aliphatic rings. The second-order valence-electron chi connectivity index (χ2n) is 8.69. The lowest BCUT2D eigenvalue weighted by Gasteiger charge is -2.24. The van der Waals surface area contributed by atoms with E-state index in [1.165, 1.54) is 12.1 Å². The van der Waals surface area contributed by atoms with Crippen LogP contribution in [0.2, 0.25) is 5.02 Å². The summed E-state index contributed by atoms with van der Waals surface area (Å²) in [5.41, 5.74) is 0.935. The second-order valence-corrected chi connectivity index (χ2v) is 10.8. The standard InChI is InChI=1S/C22H25BClN3O7S/c24-15-10-16-18(34-12-21(28)25-16)11-19(15)35(32,33)27-17(8-13-4-2-1-3-5-13)22(29)26-20(23(30)31)9-14-6-7-14/h1-5,10-11,14,17,20,27,30-31H,6-9,12H2,(H,25,28)(H,26,29)/t17-,20-/m0/s1. The van der Waals surface area contributed by atoms with Crippen LogP contribution >= 0.6 is 11.6 Å². The molecule has 2 aromatic carbocycles. The van der Waals surface area contributed by atoms with Crippen molar-refractivity contribution in [2.24, 2.45) is 5.92 Å². The van der Waals surface area contributed by atoms with E-state index in [1.807, 2.05) is 0 Å². The summed E-state index contributed by atoms with van der Waals surface area (Å²) in [5.74, 6) is -1.60. The lowest BCUT2D eigenvalue weighted by Crippen LogP contribution is -2.54. The number of hydrogen-bond acceptors (Lipinski definition) is 7. The van der Waals surface area contributed by atoms with Crippen LogP contribution in [0.5, 0.6) is 5.75 Å². The van der Waals surface area contributed by atoms with E-state index in [0.717, 1.165) is 12.8 Å².